The summed E-state index contributed by atoms with van der Waals surface area (Å²) in [6, 6.07) is 7.53. The Morgan fingerprint density at radius 2 is 1.94 bits per heavy atom. The molecule has 0 saturated carbocycles. The van der Waals surface area contributed by atoms with Crippen LogP contribution in [0.5, 0.6) is 5.88 Å². The van der Waals surface area contributed by atoms with Crippen LogP contribution in [0.3, 0.4) is 0 Å². The monoisotopic (exact) mass is 229 g/mol. The number of hydrogen-bond donors (Lipinski definition) is 1. The number of rotatable bonds is 4. The normalized spacial score (nSPS) is 10.2. The van der Waals surface area contributed by atoms with Crippen LogP contribution in [0.2, 0.25) is 0 Å². The topological polar surface area (TPSA) is 61.0 Å². The third kappa shape index (κ3) is 2.93. The molecule has 0 bridgehead atoms. The molecule has 2 N–H and O–H groups in total. The van der Waals surface area contributed by atoms with E-state index in [1.165, 1.54) is 0 Å². The van der Waals surface area contributed by atoms with Crippen LogP contribution in [0.4, 0.5) is 5.69 Å². The first-order valence-electron chi connectivity index (χ1n) is 5.60. The second-order valence-corrected chi connectivity index (χ2v) is 3.71. The highest BCUT2D eigenvalue weighted by atomic mass is 16.5. The highest BCUT2D eigenvalue weighted by Gasteiger charge is 2.02. The summed E-state index contributed by atoms with van der Waals surface area (Å²) < 4.78 is 5.44. The molecule has 1 aromatic carbocycles. The first kappa shape index (κ1) is 11.4. The van der Waals surface area contributed by atoms with Crippen LogP contribution in [-0.2, 0) is 0 Å². The predicted molar refractivity (Wildman–Crippen MR) is 67.7 cm³/mol. The number of aromatic nitrogens is 2. The van der Waals surface area contributed by atoms with E-state index in [0.717, 1.165) is 23.4 Å². The highest BCUT2D eigenvalue weighted by Crippen LogP contribution is 2.19. The Morgan fingerprint density at radius 3 is 2.65 bits per heavy atom. The van der Waals surface area contributed by atoms with Crippen LogP contribution in [0.15, 0.2) is 36.7 Å². The van der Waals surface area contributed by atoms with Crippen LogP contribution in [0, 0.1) is 0 Å². The third-order valence-electron chi connectivity index (χ3n) is 2.27. The number of hydrogen-bond acceptors (Lipinski definition) is 4. The van der Waals surface area contributed by atoms with E-state index in [9.17, 15) is 0 Å². The van der Waals surface area contributed by atoms with E-state index in [-0.39, 0.29) is 0 Å². The third-order valence-corrected chi connectivity index (χ3v) is 2.27. The Morgan fingerprint density at radius 1 is 1.18 bits per heavy atom. The lowest BCUT2D eigenvalue weighted by Crippen LogP contribution is -1.98. The Hall–Kier alpha value is -2.10. The molecule has 2 rings (SSSR count). The Bertz CT molecular complexity index is 482. The molecule has 0 amide bonds. The van der Waals surface area contributed by atoms with Crippen LogP contribution in [0.1, 0.15) is 13.3 Å². The number of nitrogens with zero attached hydrogens (tertiary/aromatic N) is 2. The number of nitrogens with two attached hydrogens (primary N) is 1. The van der Waals surface area contributed by atoms with Gasteiger partial charge < -0.3 is 10.5 Å². The molecule has 4 nitrogen and oxygen atoms in total. The van der Waals surface area contributed by atoms with Gasteiger partial charge in [-0.05, 0) is 18.6 Å². The second-order valence-electron chi connectivity index (χ2n) is 3.71. The zero-order chi connectivity index (χ0) is 12.1. The van der Waals surface area contributed by atoms with Crippen molar-refractivity contribution in [2.75, 3.05) is 12.3 Å². The van der Waals surface area contributed by atoms with Gasteiger partial charge in [0.25, 0.3) is 0 Å². The van der Waals surface area contributed by atoms with Crippen molar-refractivity contribution in [1.82, 2.24) is 9.97 Å². The van der Waals surface area contributed by atoms with Crippen LogP contribution >= 0.6 is 0 Å². The number of benzene rings is 1. The summed E-state index contributed by atoms with van der Waals surface area (Å²) in [6.45, 7) is 2.71. The van der Waals surface area contributed by atoms with Crippen molar-refractivity contribution in [3.63, 3.8) is 0 Å². The molecular weight excluding hydrogens is 214 g/mol. The van der Waals surface area contributed by atoms with Crippen molar-refractivity contribution < 1.29 is 4.74 Å². The summed E-state index contributed by atoms with van der Waals surface area (Å²) in [4.78, 5) is 8.50. The van der Waals surface area contributed by atoms with Gasteiger partial charge in [-0.1, -0.05) is 19.1 Å². The molecule has 0 saturated heterocycles. The quantitative estimate of drug-likeness (QED) is 0.818. The Balaban J connectivity index is 2.23. The number of anilines is 1. The van der Waals surface area contributed by atoms with Gasteiger partial charge in [-0.3, -0.25) is 4.98 Å². The lowest BCUT2D eigenvalue weighted by Gasteiger charge is -2.05. The zero-order valence-corrected chi connectivity index (χ0v) is 9.76. The molecule has 1 heterocycles. The fourth-order valence-corrected chi connectivity index (χ4v) is 1.42. The van der Waals surface area contributed by atoms with E-state index in [2.05, 4.69) is 16.9 Å². The van der Waals surface area contributed by atoms with Crippen LogP contribution in [0.25, 0.3) is 11.3 Å². The maximum Gasteiger partial charge on any atom is 0.232 e. The van der Waals surface area contributed by atoms with Crippen molar-refractivity contribution in [2.24, 2.45) is 0 Å². The fraction of sp³-hybridized carbons (Fsp3) is 0.231. The van der Waals surface area contributed by atoms with Gasteiger partial charge in [0.05, 0.1) is 24.7 Å². The Labute approximate surface area is 100 Å². The molecule has 88 valence electrons. The van der Waals surface area contributed by atoms with Gasteiger partial charge in [-0.15, -0.1) is 0 Å². The summed E-state index contributed by atoms with van der Waals surface area (Å²) in [5.74, 6) is 0.557. The fourth-order valence-electron chi connectivity index (χ4n) is 1.42. The van der Waals surface area contributed by atoms with E-state index in [4.69, 9.17) is 10.5 Å². The molecule has 0 atom stereocenters. The van der Waals surface area contributed by atoms with E-state index < -0.39 is 0 Å². The summed E-state index contributed by atoms with van der Waals surface area (Å²) in [5.41, 5.74) is 8.15. The minimum atomic E-state index is 0.557. The number of ether oxygens (including phenoxy) is 1. The molecule has 0 aliphatic carbocycles. The largest absolute Gasteiger partial charge is 0.477 e. The summed E-state index contributed by atoms with van der Waals surface area (Å²) >= 11 is 0. The lowest BCUT2D eigenvalue weighted by atomic mass is 10.1. The van der Waals surface area contributed by atoms with Crippen LogP contribution in [-0.4, -0.2) is 16.6 Å². The van der Waals surface area contributed by atoms with Gasteiger partial charge in [-0.25, -0.2) is 4.98 Å². The maximum atomic E-state index is 5.64. The molecule has 0 unspecified atom stereocenters. The lowest BCUT2D eigenvalue weighted by molar-refractivity contribution is 0.304. The molecule has 4 heteroatoms. The molecule has 0 aliphatic heterocycles. The van der Waals surface area contributed by atoms with Crippen molar-refractivity contribution in [3.05, 3.63) is 36.7 Å². The Kier molecular flexibility index (Phi) is 3.55. The molecule has 0 fully saturated rings. The summed E-state index contributed by atoms with van der Waals surface area (Å²) in [5, 5.41) is 0. The summed E-state index contributed by atoms with van der Waals surface area (Å²) in [6.07, 6.45) is 4.29. The molecule has 1 aromatic heterocycles. The molecule has 17 heavy (non-hydrogen) atoms. The molecule has 2 aromatic rings. The van der Waals surface area contributed by atoms with E-state index in [1.54, 1.807) is 12.4 Å². The minimum Gasteiger partial charge on any atom is -0.477 e. The smallest absolute Gasteiger partial charge is 0.232 e. The molecule has 0 radical (unpaired) electrons. The minimum absolute atomic E-state index is 0.557. The average Bonchev–Trinajstić information content (AvgIpc) is 2.37. The van der Waals surface area contributed by atoms with E-state index in [0.29, 0.717) is 12.5 Å². The van der Waals surface area contributed by atoms with Crippen molar-refractivity contribution >= 4 is 5.69 Å². The zero-order valence-electron chi connectivity index (χ0n) is 9.76. The van der Waals surface area contributed by atoms with Gasteiger partial charge in [0.15, 0.2) is 0 Å². The van der Waals surface area contributed by atoms with Gasteiger partial charge in [0.1, 0.15) is 0 Å². The average molecular weight is 229 g/mol. The summed E-state index contributed by atoms with van der Waals surface area (Å²) in [7, 11) is 0. The van der Waals surface area contributed by atoms with Crippen LogP contribution < -0.4 is 10.5 Å². The molecule has 0 aliphatic rings. The highest BCUT2D eigenvalue weighted by molar-refractivity contribution is 5.61. The number of nitrogen functional groups attached to an aromatic ring is 1. The molecule has 0 spiro atoms. The first-order chi connectivity index (χ1) is 8.29. The maximum absolute atomic E-state index is 5.64. The van der Waals surface area contributed by atoms with Crippen molar-refractivity contribution in [3.8, 4) is 17.1 Å². The van der Waals surface area contributed by atoms with Gasteiger partial charge in [0.2, 0.25) is 5.88 Å². The van der Waals surface area contributed by atoms with Crippen molar-refractivity contribution in [2.45, 2.75) is 13.3 Å². The predicted octanol–water partition coefficient (Wildman–Crippen LogP) is 2.51. The van der Waals surface area contributed by atoms with Gasteiger partial charge in [-0.2, -0.15) is 0 Å². The van der Waals surface area contributed by atoms with Crippen molar-refractivity contribution in [1.29, 1.82) is 0 Å². The van der Waals surface area contributed by atoms with Gasteiger partial charge >= 0.3 is 0 Å². The molecular formula is C13H15N3O. The van der Waals surface area contributed by atoms with E-state index in [1.807, 2.05) is 24.3 Å². The van der Waals surface area contributed by atoms with Gasteiger partial charge in [0, 0.05) is 11.3 Å². The van der Waals surface area contributed by atoms with E-state index >= 15 is 0 Å². The first-order valence-corrected chi connectivity index (χ1v) is 5.60. The second kappa shape index (κ2) is 5.30. The standard InChI is InChI=1S/C13H15N3O/c1-2-7-17-13-9-15-8-12(16-13)10-3-5-11(14)6-4-10/h3-6,8-9H,2,7,14H2,1H3. The SMILES string of the molecule is CCCOc1cncc(-c2ccc(N)cc2)n1.